The van der Waals surface area contributed by atoms with Crippen molar-refractivity contribution >= 4 is 34.4 Å². The zero-order valence-electron chi connectivity index (χ0n) is 22.9. The normalized spacial score (nSPS) is 13.3. The third-order valence-corrected chi connectivity index (χ3v) is 7.79. The molecule has 1 aliphatic rings. The number of amides is 3. The molecule has 1 unspecified atom stereocenters. The van der Waals surface area contributed by atoms with Crippen LogP contribution >= 0.6 is 0 Å². The number of pyridine rings is 1. The van der Waals surface area contributed by atoms with Gasteiger partial charge in [-0.25, -0.2) is 0 Å². The van der Waals surface area contributed by atoms with Crippen molar-refractivity contribution < 1.29 is 23.4 Å². The molecule has 1 fully saturated rings. The lowest BCUT2D eigenvalue weighted by Gasteiger charge is -2.16. The van der Waals surface area contributed by atoms with Crippen molar-refractivity contribution in [3.63, 3.8) is 0 Å². The van der Waals surface area contributed by atoms with E-state index < -0.39 is 16.9 Å². The highest BCUT2D eigenvalue weighted by molar-refractivity contribution is 7.82. The van der Waals surface area contributed by atoms with E-state index in [9.17, 15) is 18.9 Å². The molecule has 0 aliphatic carbocycles. The first-order valence-electron chi connectivity index (χ1n) is 13.4. The molecule has 5 rings (SSSR count). The van der Waals surface area contributed by atoms with Gasteiger partial charge < -0.3 is 19.2 Å². The lowest BCUT2D eigenvalue weighted by atomic mass is 10.1. The Hall–Kier alpha value is -4.85. The van der Waals surface area contributed by atoms with Gasteiger partial charge in [0.2, 0.25) is 5.91 Å². The molecule has 1 saturated heterocycles. The first-order chi connectivity index (χ1) is 20.4. The first kappa shape index (κ1) is 28.7. The fraction of sp³-hybridized carbons (Fsp3) is 0.188. The summed E-state index contributed by atoms with van der Waals surface area (Å²) in [7, 11) is -1.75. The molecule has 2 aromatic carbocycles. The SMILES string of the molecule is Cc1ccoc1C(=O)Nc1cccc(C#Cc2cncc(C(=O)N=S(O)c3ccccc3CC(=O)N3CCCC3)c2)c1. The molecule has 42 heavy (non-hydrogen) atoms. The number of rotatable bonds is 6. The van der Waals surface area contributed by atoms with Crippen LogP contribution in [-0.4, -0.2) is 45.2 Å². The Balaban J connectivity index is 1.29. The fourth-order valence-electron chi connectivity index (χ4n) is 4.49. The van der Waals surface area contributed by atoms with E-state index in [1.807, 2.05) is 4.90 Å². The number of nitrogens with zero attached hydrogens (tertiary/aromatic N) is 3. The Bertz CT molecular complexity index is 1740. The quantitative estimate of drug-likeness (QED) is 0.299. The molecule has 1 atom stereocenters. The predicted molar refractivity (Wildman–Crippen MR) is 159 cm³/mol. The van der Waals surface area contributed by atoms with Gasteiger partial charge in [-0.05, 0) is 61.7 Å². The highest BCUT2D eigenvalue weighted by Gasteiger charge is 2.20. The zero-order valence-corrected chi connectivity index (χ0v) is 23.7. The zero-order chi connectivity index (χ0) is 29.5. The third kappa shape index (κ3) is 7.07. The summed E-state index contributed by atoms with van der Waals surface area (Å²) >= 11 is 0. The Morgan fingerprint density at radius 3 is 2.60 bits per heavy atom. The Morgan fingerprint density at radius 1 is 1.02 bits per heavy atom. The van der Waals surface area contributed by atoms with Gasteiger partial charge >= 0.3 is 0 Å². The van der Waals surface area contributed by atoms with Crippen LogP contribution in [0.5, 0.6) is 0 Å². The molecular formula is C32H28N4O5S. The number of likely N-dealkylation sites (tertiary alicyclic amines) is 1. The molecule has 4 aromatic rings. The van der Waals surface area contributed by atoms with Crippen molar-refractivity contribution in [2.45, 2.75) is 31.1 Å². The molecule has 3 heterocycles. The largest absolute Gasteiger partial charge is 0.459 e. The van der Waals surface area contributed by atoms with E-state index in [1.54, 1.807) is 67.6 Å². The van der Waals surface area contributed by atoms with Crippen LogP contribution in [0, 0.1) is 18.8 Å². The lowest BCUT2D eigenvalue weighted by Crippen LogP contribution is -2.29. The number of aryl methyl sites for hydroxylation is 1. The first-order valence-corrected chi connectivity index (χ1v) is 14.5. The van der Waals surface area contributed by atoms with Gasteiger partial charge in [0.05, 0.1) is 29.2 Å². The van der Waals surface area contributed by atoms with E-state index in [0.29, 0.717) is 27.3 Å². The molecule has 2 N–H and O–H groups in total. The van der Waals surface area contributed by atoms with Gasteiger partial charge in [0.1, 0.15) is 0 Å². The maximum absolute atomic E-state index is 12.9. The Labute approximate surface area is 245 Å². The van der Waals surface area contributed by atoms with E-state index in [0.717, 1.165) is 31.5 Å². The summed E-state index contributed by atoms with van der Waals surface area (Å²) in [5, 5.41) is 2.79. The summed E-state index contributed by atoms with van der Waals surface area (Å²) in [6, 6.07) is 17.3. The van der Waals surface area contributed by atoms with Gasteiger partial charge in [0, 0.05) is 52.8 Å². The second-order valence-corrected chi connectivity index (χ2v) is 10.9. The molecule has 1 aliphatic heterocycles. The lowest BCUT2D eigenvalue weighted by molar-refractivity contribution is -0.129. The number of anilines is 1. The summed E-state index contributed by atoms with van der Waals surface area (Å²) in [6.07, 6.45) is 6.48. The van der Waals surface area contributed by atoms with Crippen LogP contribution in [0.15, 0.2) is 93.0 Å². The van der Waals surface area contributed by atoms with Crippen LogP contribution in [0.1, 0.15) is 56.0 Å². The van der Waals surface area contributed by atoms with Crippen LogP contribution < -0.4 is 5.32 Å². The van der Waals surface area contributed by atoms with Crippen molar-refractivity contribution in [2.24, 2.45) is 4.36 Å². The van der Waals surface area contributed by atoms with Crippen molar-refractivity contribution in [1.29, 1.82) is 0 Å². The highest BCUT2D eigenvalue weighted by atomic mass is 32.2. The van der Waals surface area contributed by atoms with Crippen LogP contribution in [0.2, 0.25) is 0 Å². The number of benzene rings is 2. The van der Waals surface area contributed by atoms with Crippen molar-refractivity contribution in [2.75, 3.05) is 18.4 Å². The second kappa shape index (κ2) is 13.2. The minimum absolute atomic E-state index is 0.000657. The van der Waals surface area contributed by atoms with E-state index in [2.05, 4.69) is 26.5 Å². The molecule has 0 spiro atoms. The van der Waals surface area contributed by atoms with Crippen LogP contribution in [0.4, 0.5) is 5.69 Å². The van der Waals surface area contributed by atoms with Crippen LogP contribution in [0.3, 0.4) is 0 Å². The summed E-state index contributed by atoms with van der Waals surface area (Å²) < 4.78 is 20.1. The third-order valence-electron chi connectivity index (χ3n) is 6.66. The number of furan rings is 1. The standard InChI is InChI=1S/C32H28N4O5S/c1-22-13-16-41-30(22)32(39)34-27-9-6-7-23(18-27)11-12-24-17-26(21-33-20-24)31(38)35-42(40)28-10-3-2-8-25(28)19-29(37)36-14-4-5-15-36/h2-3,6-10,13,16-18,20-21H,4-5,14-15,19H2,1H3,(H,34,39)(H,35,38,40). The smallest absolute Gasteiger partial charge is 0.291 e. The van der Waals surface area contributed by atoms with Gasteiger partial charge in [-0.2, -0.15) is 4.36 Å². The molecule has 0 radical (unpaired) electrons. The summed E-state index contributed by atoms with van der Waals surface area (Å²) in [4.78, 5) is 44.4. The van der Waals surface area contributed by atoms with Gasteiger partial charge in [0.15, 0.2) is 5.76 Å². The molecule has 9 nitrogen and oxygen atoms in total. The minimum Gasteiger partial charge on any atom is -0.459 e. The van der Waals surface area contributed by atoms with Crippen LogP contribution in [-0.2, 0) is 22.2 Å². The minimum atomic E-state index is -1.75. The summed E-state index contributed by atoms with van der Waals surface area (Å²) in [5.74, 6) is 5.23. The average molecular weight is 581 g/mol. The summed E-state index contributed by atoms with van der Waals surface area (Å²) in [5.41, 5.74) is 3.23. The molecular weight excluding hydrogens is 552 g/mol. The molecule has 0 saturated carbocycles. The van der Waals surface area contributed by atoms with Crippen molar-refractivity contribution in [1.82, 2.24) is 9.88 Å². The number of aromatic nitrogens is 1. The highest BCUT2D eigenvalue weighted by Crippen LogP contribution is 2.19. The number of nitrogens with one attached hydrogen (secondary N) is 1. The van der Waals surface area contributed by atoms with E-state index >= 15 is 0 Å². The van der Waals surface area contributed by atoms with Gasteiger partial charge in [-0.1, -0.05) is 36.1 Å². The van der Waals surface area contributed by atoms with Gasteiger partial charge in [-0.15, -0.1) is 0 Å². The average Bonchev–Trinajstić information content (AvgIpc) is 3.69. The number of carbonyl (C=O) groups excluding carboxylic acids is 3. The molecule has 2 aromatic heterocycles. The Kier molecular flexibility index (Phi) is 9.02. The second-order valence-electron chi connectivity index (χ2n) is 9.71. The maximum Gasteiger partial charge on any atom is 0.291 e. The van der Waals surface area contributed by atoms with Gasteiger partial charge in [-0.3, -0.25) is 19.4 Å². The molecule has 10 heteroatoms. The number of hydrogen-bond acceptors (Lipinski definition) is 5. The number of carbonyl (C=O) groups is 3. The van der Waals surface area contributed by atoms with E-state index in [-0.39, 0.29) is 29.6 Å². The van der Waals surface area contributed by atoms with Crippen LogP contribution in [0.25, 0.3) is 0 Å². The van der Waals surface area contributed by atoms with Crippen molar-refractivity contribution in [3.8, 4) is 11.8 Å². The monoisotopic (exact) mass is 580 g/mol. The fourth-order valence-corrected chi connectivity index (χ4v) is 5.42. The molecule has 212 valence electrons. The predicted octanol–water partition coefficient (Wildman–Crippen LogP) is 5.27. The number of hydrogen-bond donors (Lipinski definition) is 2. The molecule has 0 bridgehead atoms. The van der Waals surface area contributed by atoms with Crippen molar-refractivity contribution in [3.05, 3.63) is 113 Å². The van der Waals surface area contributed by atoms with E-state index in [1.165, 1.54) is 18.7 Å². The summed E-state index contributed by atoms with van der Waals surface area (Å²) in [6.45, 7) is 3.28. The topological polar surface area (TPSA) is 125 Å². The maximum atomic E-state index is 12.9. The van der Waals surface area contributed by atoms with Gasteiger partial charge in [0.25, 0.3) is 11.8 Å². The molecule has 3 amide bonds. The van der Waals surface area contributed by atoms with E-state index in [4.69, 9.17) is 4.42 Å². The Morgan fingerprint density at radius 2 is 1.81 bits per heavy atom.